The molecule has 4 atom stereocenters. The van der Waals surface area contributed by atoms with Crippen molar-refractivity contribution in [3.63, 3.8) is 0 Å². The SMILES string of the molecule is C[C@H]1[C@H](/C=C/C(O)Cc2cc3ccccc3s2)[C@@H](C/C=C\CCCC(=O)O)C(=O)C1(C)C. The number of benzene rings is 1. The lowest BCUT2D eigenvalue weighted by atomic mass is 9.79. The van der Waals surface area contributed by atoms with Crippen molar-refractivity contribution in [2.45, 2.75) is 59.0 Å². The van der Waals surface area contributed by atoms with Gasteiger partial charge in [0, 0.05) is 33.8 Å². The van der Waals surface area contributed by atoms with Gasteiger partial charge in [-0.15, -0.1) is 11.3 Å². The molecule has 0 bridgehead atoms. The van der Waals surface area contributed by atoms with Crippen LogP contribution in [0.5, 0.6) is 0 Å². The molecule has 0 radical (unpaired) electrons. The zero-order chi connectivity index (χ0) is 23.3. The topological polar surface area (TPSA) is 74.6 Å². The van der Waals surface area contributed by atoms with Gasteiger partial charge in [-0.3, -0.25) is 9.59 Å². The molecule has 0 amide bonds. The van der Waals surface area contributed by atoms with Crippen LogP contribution in [0.2, 0.25) is 0 Å². The monoisotopic (exact) mass is 454 g/mol. The third-order valence-electron chi connectivity index (χ3n) is 6.91. The fourth-order valence-corrected chi connectivity index (χ4v) is 5.79. The summed E-state index contributed by atoms with van der Waals surface area (Å²) in [5.74, 6) is -0.344. The summed E-state index contributed by atoms with van der Waals surface area (Å²) in [4.78, 5) is 24.9. The predicted octanol–water partition coefficient (Wildman–Crippen LogP) is 6.04. The summed E-state index contributed by atoms with van der Waals surface area (Å²) in [6.45, 7) is 6.16. The molecule has 1 heterocycles. The van der Waals surface area contributed by atoms with Crippen LogP contribution in [-0.2, 0) is 16.0 Å². The lowest BCUT2D eigenvalue weighted by molar-refractivity contribution is -0.137. The number of aliphatic hydroxyl groups excluding tert-OH is 1. The molecule has 1 aliphatic carbocycles. The molecular formula is C27H34O4S. The maximum atomic E-state index is 13.1. The van der Waals surface area contributed by atoms with Crippen LogP contribution in [0.4, 0.5) is 0 Å². The van der Waals surface area contributed by atoms with Gasteiger partial charge in [0.15, 0.2) is 0 Å². The van der Waals surface area contributed by atoms with E-state index in [0.717, 1.165) is 4.88 Å². The van der Waals surface area contributed by atoms with E-state index in [1.54, 1.807) is 11.3 Å². The van der Waals surface area contributed by atoms with Crippen molar-refractivity contribution in [3.05, 3.63) is 59.5 Å². The van der Waals surface area contributed by atoms with Gasteiger partial charge in [0.25, 0.3) is 0 Å². The number of unbranched alkanes of at least 4 members (excludes halogenated alkanes) is 1. The summed E-state index contributed by atoms with van der Waals surface area (Å²) in [6, 6.07) is 10.4. The number of aliphatic hydroxyl groups is 1. The first-order valence-corrected chi connectivity index (χ1v) is 12.3. The Bertz CT molecular complexity index is 967. The second kappa shape index (κ2) is 10.6. The van der Waals surface area contributed by atoms with Gasteiger partial charge >= 0.3 is 5.97 Å². The lowest BCUT2D eigenvalue weighted by Gasteiger charge is -2.24. The minimum atomic E-state index is -0.778. The number of carbonyl (C=O) groups is 2. The summed E-state index contributed by atoms with van der Waals surface area (Å²) >= 11 is 1.71. The van der Waals surface area contributed by atoms with Crippen molar-refractivity contribution in [1.29, 1.82) is 0 Å². The molecule has 0 saturated heterocycles. The Hall–Kier alpha value is -2.24. The maximum absolute atomic E-state index is 13.1. The summed E-state index contributed by atoms with van der Waals surface area (Å²) in [5, 5.41) is 20.6. The van der Waals surface area contributed by atoms with E-state index in [1.165, 1.54) is 10.1 Å². The third-order valence-corrected chi connectivity index (χ3v) is 8.05. The number of carboxylic acid groups (broad SMARTS) is 1. The Morgan fingerprint density at radius 2 is 2.00 bits per heavy atom. The molecule has 1 aliphatic rings. The molecule has 3 rings (SSSR count). The van der Waals surface area contributed by atoms with Crippen LogP contribution in [-0.4, -0.2) is 28.1 Å². The van der Waals surface area contributed by atoms with Crippen molar-refractivity contribution >= 4 is 33.2 Å². The highest BCUT2D eigenvalue weighted by molar-refractivity contribution is 7.19. The van der Waals surface area contributed by atoms with Gasteiger partial charge in [-0.1, -0.05) is 63.3 Å². The minimum absolute atomic E-state index is 0.0817. The smallest absolute Gasteiger partial charge is 0.303 e. The average Bonchev–Trinajstić information content (AvgIpc) is 3.21. The highest BCUT2D eigenvalue weighted by Crippen LogP contribution is 2.49. The van der Waals surface area contributed by atoms with Crippen molar-refractivity contribution in [2.75, 3.05) is 0 Å². The molecular weight excluding hydrogens is 420 g/mol. The van der Waals surface area contributed by atoms with Gasteiger partial charge in [-0.05, 0) is 48.6 Å². The molecule has 32 heavy (non-hydrogen) atoms. The second-order valence-corrected chi connectivity index (χ2v) is 10.6. The Kier molecular flexibility index (Phi) is 8.07. The Labute approximate surface area is 194 Å². The van der Waals surface area contributed by atoms with E-state index in [0.29, 0.717) is 25.7 Å². The molecule has 2 N–H and O–H groups in total. The largest absolute Gasteiger partial charge is 0.481 e. The first kappa shape index (κ1) is 24.4. The van der Waals surface area contributed by atoms with Crippen molar-refractivity contribution in [2.24, 2.45) is 23.2 Å². The number of thiophene rings is 1. The highest BCUT2D eigenvalue weighted by Gasteiger charge is 2.50. The molecule has 5 heteroatoms. The predicted molar refractivity (Wildman–Crippen MR) is 131 cm³/mol. The number of allylic oxidation sites excluding steroid dienone is 3. The van der Waals surface area contributed by atoms with Crippen molar-refractivity contribution < 1.29 is 19.8 Å². The van der Waals surface area contributed by atoms with Crippen molar-refractivity contribution in [1.82, 2.24) is 0 Å². The van der Waals surface area contributed by atoms with E-state index in [2.05, 4.69) is 31.2 Å². The maximum Gasteiger partial charge on any atom is 0.303 e. The number of hydrogen-bond donors (Lipinski definition) is 2. The van der Waals surface area contributed by atoms with Crippen LogP contribution in [0.1, 0.15) is 51.3 Å². The number of carboxylic acids is 1. The highest BCUT2D eigenvalue weighted by atomic mass is 32.1. The van der Waals surface area contributed by atoms with Gasteiger partial charge in [0.05, 0.1) is 6.10 Å². The Morgan fingerprint density at radius 3 is 2.72 bits per heavy atom. The number of ketones is 1. The first-order valence-electron chi connectivity index (χ1n) is 11.4. The van der Waals surface area contributed by atoms with E-state index < -0.39 is 17.5 Å². The number of rotatable bonds is 10. The van der Waals surface area contributed by atoms with Gasteiger partial charge in [-0.2, -0.15) is 0 Å². The van der Waals surface area contributed by atoms with E-state index in [4.69, 9.17) is 5.11 Å². The second-order valence-electron chi connectivity index (χ2n) is 9.46. The lowest BCUT2D eigenvalue weighted by Crippen LogP contribution is -2.25. The zero-order valence-corrected chi connectivity index (χ0v) is 20.0. The van der Waals surface area contributed by atoms with Crippen molar-refractivity contribution in [3.8, 4) is 0 Å². The van der Waals surface area contributed by atoms with Crippen LogP contribution < -0.4 is 0 Å². The van der Waals surface area contributed by atoms with Crippen LogP contribution >= 0.6 is 11.3 Å². The van der Waals surface area contributed by atoms with Gasteiger partial charge < -0.3 is 10.2 Å². The molecule has 172 valence electrons. The van der Waals surface area contributed by atoms with Crippen LogP contribution in [0.15, 0.2) is 54.6 Å². The van der Waals surface area contributed by atoms with E-state index >= 15 is 0 Å². The fourth-order valence-electron chi connectivity index (χ4n) is 4.67. The van der Waals surface area contributed by atoms with Gasteiger partial charge in [0.2, 0.25) is 0 Å². The van der Waals surface area contributed by atoms with Gasteiger partial charge in [-0.25, -0.2) is 0 Å². The third kappa shape index (κ3) is 5.76. The number of hydrogen-bond acceptors (Lipinski definition) is 4. The fraction of sp³-hybridized carbons (Fsp3) is 0.481. The number of Topliss-reactive ketones (excluding diaryl/α,β-unsaturated/α-hetero) is 1. The molecule has 1 unspecified atom stereocenters. The van der Waals surface area contributed by atoms with Gasteiger partial charge in [0.1, 0.15) is 5.78 Å². The summed E-state index contributed by atoms with van der Waals surface area (Å²) in [5.41, 5.74) is -0.396. The van der Waals surface area contributed by atoms with E-state index in [9.17, 15) is 14.7 Å². The van der Waals surface area contributed by atoms with Crippen LogP contribution in [0.25, 0.3) is 10.1 Å². The molecule has 1 saturated carbocycles. The molecule has 0 aliphatic heterocycles. The summed E-state index contributed by atoms with van der Waals surface area (Å²) in [6.07, 6.45) is 10.1. The van der Waals surface area contributed by atoms with Crippen LogP contribution in [0.3, 0.4) is 0 Å². The van der Waals surface area contributed by atoms with E-state index in [-0.39, 0.29) is 30.0 Å². The number of fused-ring (bicyclic) bond motifs is 1. The molecule has 0 spiro atoms. The summed E-state index contributed by atoms with van der Waals surface area (Å²) in [7, 11) is 0. The summed E-state index contributed by atoms with van der Waals surface area (Å²) < 4.78 is 1.23. The first-order chi connectivity index (χ1) is 15.2. The molecule has 2 aromatic rings. The zero-order valence-electron chi connectivity index (χ0n) is 19.2. The Balaban J connectivity index is 1.64. The standard InChI is InChI=1S/C27H34O4S/c1-18-22(15-14-20(28)17-21-16-19-10-8-9-12-24(19)32-21)23(26(31)27(18,2)3)11-6-4-5-7-13-25(29)30/h4,6,8-10,12,14-16,18,20,22-23,28H,5,7,11,13,17H2,1-3H3,(H,29,30)/b6-4-,15-14+/t18-,20?,22-,23+/m0/s1. The minimum Gasteiger partial charge on any atom is -0.481 e. The van der Waals surface area contributed by atoms with Crippen LogP contribution in [0, 0.1) is 23.2 Å². The average molecular weight is 455 g/mol. The molecule has 1 aromatic heterocycles. The van der Waals surface area contributed by atoms with E-state index in [1.807, 2.05) is 44.2 Å². The number of carbonyl (C=O) groups excluding carboxylic acids is 1. The molecule has 1 aromatic carbocycles. The quantitative estimate of drug-likeness (QED) is 0.339. The number of aliphatic carboxylic acids is 1. The molecule has 1 fully saturated rings. The Morgan fingerprint density at radius 1 is 1.25 bits per heavy atom. The normalized spacial score (nSPS) is 24.1. The molecule has 4 nitrogen and oxygen atoms in total.